The van der Waals surface area contributed by atoms with Gasteiger partial charge in [-0.15, -0.1) is 0 Å². The van der Waals surface area contributed by atoms with Crippen molar-refractivity contribution in [3.05, 3.63) is 16.4 Å². The fourth-order valence-electron chi connectivity index (χ4n) is 1.74. The van der Waals surface area contributed by atoms with Crippen LogP contribution in [0.3, 0.4) is 0 Å². The molecule has 1 aliphatic rings. The number of halogens is 1. The lowest BCUT2D eigenvalue weighted by molar-refractivity contribution is 0.709. The summed E-state index contributed by atoms with van der Waals surface area (Å²) in [6.45, 7) is 0. The molecule has 1 aliphatic carbocycles. The molecule has 1 aromatic rings. The van der Waals surface area contributed by atoms with Gasteiger partial charge >= 0.3 is 0 Å². The summed E-state index contributed by atoms with van der Waals surface area (Å²) in [5, 5.41) is 0.546. The molecular weight excluding hydrogens is 182 g/mol. The Hall–Kier alpha value is -0.565. The zero-order valence-electron chi connectivity index (χ0n) is 7.39. The number of hydrogen-bond donors (Lipinski definition) is 0. The monoisotopic (exact) mass is 192 g/mol. The van der Waals surface area contributed by atoms with Gasteiger partial charge in [-0.1, -0.05) is 18.0 Å². The third-order valence-corrected chi connectivity index (χ3v) is 2.71. The van der Waals surface area contributed by atoms with Crippen molar-refractivity contribution in [3.63, 3.8) is 0 Å². The fraction of sp³-hybridized carbons (Fsp3) is 0.556. The first kappa shape index (κ1) is 9.01. The molecule has 66 valence electrons. The predicted molar refractivity (Wildman–Crippen MR) is 53.7 cm³/mol. The number of fused-ring (bicyclic) bond motifs is 1. The molecule has 4 heteroatoms. The molecule has 0 atom stereocenters. The topological polar surface area (TPSA) is 25.8 Å². The Morgan fingerprint density at radius 1 is 1.08 bits per heavy atom. The molecule has 0 aromatic carbocycles. The lowest BCUT2D eigenvalue weighted by Crippen LogP contribution is -2.17. The van der Waals surface area contributed by atoms with Crippen molar-refractivity contribution in [3.8, 4) is 0 Å². The lowest BCUT2D eigenvalue weighted by atomic mass is 10.1. The molecule has 0 unspecified atom stereocenters. The van der Waals surface area contributed by atoms with Crippen LogP contribution in [0.25, 0.3) is 0 Å². The van der Waals surface area contributed by atoms with E-state index in [1.165, 1.54) is 19.3 Å². The molecule has 0 saturated heterocycles. The minimum Gasteiger partial charge on any atom is -0.250 e. The normalized spacial score (nSPS) is 16.4. The molecule has 2 radical (unpaired) electrons. The minimum absolute atomic E-state index is 0.297. The number of nitrogens with zero attached hydrogens (tertiary/aromatic N) is 2. The standard InChI is InChI=1S/C9H10BClN2/c10-9-12-7-5-3-1-2-4-6(7)8(11)13-9/h1-5H2. The Bertz CT molecular complexity index is 328. The van der Waals surface area contributed by atoms with Crippen LogP contribution in [0, 0.1) is 0 Å². The van der Waals surface area contributed by atoms with Crippen LogP contribution in [0.5, 0.6) is 0 Å². The third kappa shape index (κ3) is 1.85. The van der Waals surface area contributed by atoms with Crippen LogP contribution in [0.15, 0.2) is 0 Å². The van der Waals surface area contributed by atoms with Gasteiger partial charge in [-0.3, -0.25) is 0 Å². The Balaban J connectivity index is 2.47. The van der Waals surface area contributed by atoms with Crippen LogP contribution < -0.4 is 5.72 Å². The minimum atomic E-state index is 0.297. The van der Waals surface area contributed by atoms with E-state index in [1.54, 1.807) is 0 Å². The van der Waals surface area contributed by atoms with Gasteiger partial charge in [0.2, 0.25) is 0 Å². The highest BCUT2D eigenvalue weighted by atomic mass is 35.5. The Morgan fingerprint density at radius 3 is 2.69 bits per heavy atom. The third-order valence-electron chi connectivity index (χ3n) is 2.40. The number of rotatable bonds is 0. The van der Waals surface area contributed by atoms with Crippen LogP contribution >= 0.6 is 11.6 Å². The van der Waals surface area contributed by atoms with E-state index in [2.05, 4.69) is 9.97 Å². The summed E-state index contributed by atoms with van der Waals surface area (Å²) in [5.74, 6) is 0. The summed E-state index contributed by atoms with van der Waals surface area (Å²) in [6, 6.07) is 0. The van der Waals surface area contributed by atoms with E-state index < -0.39 is 0 Å². The molecular formula is C9H10BClN2. The second kappa shape index (κ2) is 3.66. The van der Waals surface area contributed by atoms with Gasteiger partial charge in [-0.2, -0.15) is 0 Å². The van der Waals surface area contributed by atoms with Crippen molar-refractivity contribution in [2.24, 2.45) is 0 Å². The van der Waals surface area contributed by atoms with Crippen LogP contribution in [0.4, 0.5) is 0 Å². The molecule has 0 N–H and O–H groups in total. The predicted octanol–water partition coefficient (Wildman–Crippen LogP) is 1.19. The number of aromatic nitrogens is 2. The highest BCUT2D eigenvalue weighted by Gasteiger charge is 2.13. The zero-order valence-corrected chi connectivity index (χ0v) is 8.14. The largest absolute Gasteiger partial charge is 0.250 e. The van der Waals surface area contributed by atoms with Gasteiger partial charge in [0, 0.05) is 11.3 Å². The van der Waals surface area contributed by atoms with E-state index in [0.717, 1.165) is 24.1 Å². The van der Waals surface area contributed by atoms with Crippen molar-refractivity contribution in [1.82, 2.24) is 9.97 Å². The smallest absolute Gasteiger partial charge is 0.170 e. The molecule has 1 aromatic heterocycles. The Morgan fingerprint density at radius 2 is 1.85 bits per heavy atom. The quantitative estimate of drug-likeness (QED) is 0.351. The fourth-order valence-corrected chi connectivity index (χ4v) is 2.03. The van der Waals surface area contributed by atoms with E-state index in [4.69, 9.17) is 19.4 Å². The summed E-state index contributed by atoms with van der Waals surface area (Å²) in [5.41, 5.74) is 2.45. The lowest BCUT2D eigenvalue weighted by Gasteiger charge is -2.06. The van der Waals surface area contributed by atoms with Gasteiger partial charge in [0.15, 0.2) is 7.85 Å². The van der Waals surface area contributed by atoms with Crippen LogP contribution in [0.2, 0.25) is 5.15 Å². The second-order valence-corrected chi connectivity index (χ2v) is 3.72. The molecule has 2 nitrogen and oxygen atoms in total. The summed E-state index contributed by atoms with van der Waals surface area (Å²) in [7, 11) is 5.53. The van der Waals surface area contributed by atoms with Gasteiger partial charge < -0.3 is 0 Å². The summed E-state index contributed by atoms with van der Waals surface area (Å²) in [4.78, 5) is 8.18. The van der Waals surface area contributed by atoms with Crippen LogP contribution in [-0.2, 0) is 12.8 Å². The SMILES string of the molecule is [B]c1nc(Cl)c2c(n1)CCCCC2. The van der Waals surface area contributed by atoms with Crippen molar-refractivity contribution in [1.29, 1.82) is 0 Å². The Kier molecular flexibility index (Phi) is 2.54. The van der Waals surface area contributed by atoms with Gasteiger partial charge in [-0.25, -0.2) is 9.97 Å². The maximum absolute atomic E-state index is 5.99. The molecule has 1 heterocycles. The molecule has 0 bridgehead atoms. The van der Waals surface area contributed by atoms with Crippen molar-refractivity contribution in [2.45, 2.75) is 32.1 Å². The summed E-state index contributed by atoms with van der Waals surface area (Å²) in [6.07, 6.45) is 5.59. The van der Waals surface area contributed by atoms with Crippen molar-refractivity contribution in [2.75, 3.05) is 0 Å². The average molecular weight is 192 g/mol. The summed E-state index contributed by atoms with van der Waals surface area (Å²) < 4.78 is 0. The highest BCUT2D eigenvalue weighted by molar-refractivity contribution is 6.33. The Labute approximate surface area is 84.1 Å². The van der Waals surface area contributed by atoms with E-state index >= 15 is 0 Å². The zero-order chi connectivity index (χ0) is 9.26. The molecule has 0 amide bonds. The molecule has 0 fully saturated rings. The molecule has 2 rings (SSSR count). The van der Waals surface area contributed by atoms with Crippen molar-refractivity contribution < 1.29 is 0 Å². The second-order valence-electron chi connectivity index (χ2n) is 3.36. The van der Waals surface area contributed by atoms with Crippen LogP contribution in [0.1, 0.15) is 30.5 Å². The van der Waals surface area contributed by atoms with E-state index in [0.29, 0.717) is 10.9 Å². The maximum atomic E-state index is 5.99. The molecule has 0 aliphatic heterocycles. The maximum Gasteiger partial charge on any atom is 0.170 e. The highest BCUT2D eigenvalue weighted by Crippen LogP contribution is 2.22. The summed E-state index contributed by atoms with van der Waals surface area (Å²) >= 11 is 5.99. The molecule has 0 saturated carbocycles. The van der Waals surface area contributed by atoms with E-state index in [-0.39, 0.29) is 0 Å². The first-order chi connectivity index (χ1) is 6.27. The number of hydrogen-bond acceptors (Lipinski definition) is 2. The van der Waals surface area contributed by atoms with Gasteiger partial charge in [-0.05, 0) is 25.7 Å². The van der Waals surface area contributed by atoms with E-state index in [9.17, 15) is 0 Å². The average Bonchev–Trinajstić information content (AvgIpc) is 2.28. The number of aryl methyl sites for hydroxylation is 1. The van der Waals surface area contributed by atoms with Crippen molar-refractivity contribution >= 4 is 25.2 Å². The van der Waals surface area contributed by atoms with Gasteiger partial charge in [0.25, 0.3) is 0 Å². The van der Waals surface area contributed by atoms with Crippen LogP contribution in [-0.4, -0.2) is 17.8 Å². The van der Waals surface area contributed by atoms with E-state index in [1.807, 2.05) is 0 Å². The molecule has 13 heavy (non-hydrogen) atoms. The first-order valence-corrected chi connectivity index (χ1v) is 4.96. The van der Waals surface area contributed by atoms with Gasteiger partial charge in [0.05, 0.1) is 5.72 Å². The molecule has 0 spiro atoms. The first-order valence-electron chi connectivity index (χ1n) is 4.58. The van der Waals surface area contributed by atoms with Gasteiger partial charge in [0.1, 0.15) is 5.15 Å².